The van der Waals surface area contributed by atoms with Crippen molar-refractivity contribution in [3.05, 3.63) is 48.0 Å². The first-order chi connectivity index (χ1) is 15.2. The van der Waals surface area contributed by atoms with Crippen LogP contribution in [-0.2, 0) is 14.8 Å². The molecule has 0 saturated carbocycles. The fraction of sp³-hybridized carbons (Fsp3) is 0.364. The summed E-state index contributed by atoms with van der Waals surface area (Å²) in [4.78, 5) is 26.3. The minimum Gasteiger partial charge on any atom is -0.484 e. The molecule has 2 aromatic rings. The average Bonchev–Trinajstić information content (AvgIpc) is 2.78. The zero-order valence-electron chi connectivity index (χ0n) is 18.2. The Morgan fingerprint density at radius 2 is 1.81 bits per heavy atom. The third-order valence-corrected chi connectivity index (χ3v) is 6.97. The molecule has 3 N–H and O–H groups in total. The predicted molar refractivity (Wildman–Crippen MR) is 122 cm³/mol. The Morgan fingerprint density at radius 1 is 1.09 bits per heavy atom. The number of ether oxygens (including phenoxy) is 1. The summed E-state index contributed by atoms with van der Waals surface area (Å²) in [6, 6.07) is 11.2. The van der Waals surface area contributed by atoms with Crippen molar-refractivity contribution in [1.29, 1.82) is 0 Å². The van der Waals surface area contributed by atoms with Crippen LogP contribution >= 0.6 is 0 Å². The molecule has 9 nitrogen and oxygen atoms in total. The summed E-state index contributed by atoms with van der Waals surface area (Å²) in [6.45, 7) is 1.33. The number of hydrogen-bond acceptors (Lipinski definition) is 6. The monoisotopic (exact) mass is 460 g/mol. The SMILES string of the molecule is CN(C)S(=O)(=O)c1ccc(N2CCCCC2)c(C(=O)Nc2cccc(OCC(N)=O)c2)c1. The number of nitrogens with one attached hydrogen (secondary N) is 1. The lowest BCUT2D eigenvalue weighted by atomic mass is 10.1. The van der Waals surface area contributed by atoms with Gasteiger partial charge in [0, 0.05) is 44.6 Å². The summed E-state index contributed by atoms with van der Waals surface area (Å²) in [5, 5.41) is 2.80. The molecular formula is C22H28N4O5S. The normalized spacial score (nSPS) is 14.3. The van der Waals surface area contributed by atoms with Crippen molar-refractivity contribution in [1.82, 2.24) is 4.31 Å². The topological polar surface area (TPSA) is 122 Å². The smallest absolute Gasteiger partial charge is 0.257 e. The van der Waals surface area contributed by atoms with Gasteiger partial charge in [-0.05, 0) is 49.6 Å². The van der Waals surface area contributed by atoms with Gasteiger partial charge < -0.3 is 20.7 Å². The number of nitrogens with zero attached hydrogens (tertiary/aromatic N) is 2. The van der Waals surface area contributed by atoms with Crippen molar-refractivity contribution in [2.24, 2.45) is 5.73 Å². The molecule has 32 heavy (non-hydrogen) atoms. The van der Waals surface area contributed by atoms with Crippen LogP contribution in [0.25, 0.3) is 0 Å². The quantitative estimate of drug-likeness (QED) is 0.622. The highest BCUT2D eigenvalue weighted by Crippen LogP contribution is 2.29. The van der Waals surface area contributed by atoms with Gasteiger partial charge in [0.2, 0.25) is 10.0 Å². The summed E-state index contributed by atoms with van der Waals surface area (Å²) in [7, 11) is -0.805. The number of amides is 2. The van der Waals surface area contributed by atoms with Crippen molar-refractivity contribution < 1.29 is 22.7 Å². The van der Waals surface area contributed by atoms with E-state index in [1.807, 2.05) is 0 Å². The highest BCUT2D eigenvalue weighted by Gasteiger charge is 2.24. The Labute approximate surface area is 188 Å². The molecule has 1 saturated heterocycles. The molecule has 2 aromatic carbocycles. The number of primary amides is 1. The van der Waals surface area contributed by atoms with E-state index in [2.05, 4.69) is 10.2 Å². The first kappa shape index (κ1) is 23.6. The molecule has 2 amide bonds. The van der Waals surface area contributed by atoms with Gasteiger partial charge in [-0.25, -0.2) is 12.7 Å². The van der Waals surface area contributed by atoms with Crippen LogP contribution in [0, 0.1) is 0 Å². The highest BCUT2D eigenvalue weighted by molar-refractivity contribution is 7.89. The molecule has 0 radical (unpaired) electrons. The van der Waals surface area contributed by atoms with Gasteiger partial charge >= 0.3 is 0 Å². The van der Waals surface area contributed by atoms with Crippen LogP contribution in [0.15, 0.2) is 47.4 Å². The van der Waals surface area contributed by atoms with Crippen molar-refractivity contribution in [2.45, 2.75) is 24.2 Å². The van der Waals surface area contributed by atoms with Crippen LogP contribution < -0.4 is 20.7 Å². The Balaban J connectivity index is 1.93. The Morgan fingerprint density at radius 3 is 2.47 bits per heavy atom. The van der Waals surface area contributed by atoms with Gasteiger partial charge in [0.15, 0.2) is 6.61 Å². The number of nitrogens with two attached hydrogens (primary N) is 1. The van der Waals surface area contributed by atoms with Gasteiger partial charge in [-0.1, -0.05) is 6.07 Å². The van der Waals surface area contributed by atoms with Gasteiger partial charge in [0.25, 0.3) is 11.8 Å². The fourth-order valence-electron chi connectivity index (χ4n) is 3.50. The van der Waals surface area contributed by atoms with E-state index in [-0.39, 0.29) is 17.1 Å². The number of carbonyl (C=O) groups excluding carboxylic acids is 2. The number of anilines is 2. The fourth-order valence-corrected chi connectivity index (χ4v) is 4.42. The van der Waals surface area contributed by atoms with E-state index < -0.39 is 21.8 Å². The maximum atomic E-state index is 13.2. The second-order valence-electron chi connectivity index (χ2n) is 7.75. The van der Waals surface area contributed by atoms with Crippen LogP contribution in [0.1, 0.15) is 29.6 Å². The Kier molecular flexibility index (Phi) is 7.37. The Hall–Kier alpha value is -3.11. The minimum absolute atomic E-state index is 0.0481. The van der Waals surface area contributed by atoms with Crippen molar-refractivity contribution in [2.75, 3.05) is 44.0 Å². The minimum atomic E-state index is -3.70. The van der Waals surface area contributed by atoms with Crippen LogP contribution in [0.3, 0.4) is 0 Å². The molecule has 10 heteroatoms. The molecule has 1 aliphatic rings. The average molecular weight is 461 g/mol. The van der Waals surface area contributed by atoms with Gasteiger partial charge in [0.1, 0.15) is 5.75 Å². The second-order valence-corrected chi connectivity index (χ2v) is 9.90. The van der Waals surface area contributed by atoms with Gasteiger partial charge in [-0.15, -0.1) is 0 Å². The second kappa shape index (κ2) is 10.0. The molecule has 0 aromatic heterocycles. The maximum Gasteiger partial charge on any atom is 0.257 e. The highest BCUT2D eigenvalue weighted by atomic mass is 32.2. The number of sulfonamides is 1. The van der Waals surface area contributed by atoms with Gasteiger partial charge in [0.05, 0.1) is 10.5 Å². The lowest BCUT2D eigenvalue weighted by molar-refractivity contribution is -0.119. The van der Waals surface area contributed by atoms with Crippen LogP contribution in [0.4, 0.5) is 11.4 Å². The lowest BCUT2D eigenvalue weighted by Gasteiger charge is -2.30. The van der Waals surface area contributed by atoms with Crippen molar-refractivity contribution in [3.63, 3.8) is 0 Å². The third kappa shape index (κ3) is 5.57. The third-order valence-electron chi connectivity index (χ3n) is 5.16. The molecule has 1 aliphatic heterocycles. The van der Waals surface area contributed by atoms with E-state index in [0.29, 0.717) is 17.1 Å². The van der Waals surface area contributed by atoms with E-state index in [1.165, 1.54) is 26.2 Å². The summed E-state index contributed by atoms with van der Waals surface area (Å²) < 4.78 is 31.7. The maximum absolute atomic E-state index is 13.2. The van der Waals surface area contributed by atoms with Crippen LogP contribution in [0.5, 0.6) is 5.75 Å². The van der Waals surface area contributed by atoms with E-state index in [4.69, 9.17) is 10.5 Å². The molecular weight excluding hydrogens is 432 g/mol. The Bertz CT molecular complexity index is 1100. The number of rotatable bonds is 8. The molecule has 0 bridgehead atoms. The molecule has 172 valence electrons. The molecule has 1 fully saturated rings. The summed E-state index contributed by atoms with van der Waals surface area (Å²) in [5.41, 5.74) is 6.52. The molecule has 0 atom stereocenters. The summed E-state index contributed by atoms with van der Waals surface area (Å²) in [6.07, 6.45) is 3.15. The largest absolute Gasteiger partial charge is 0.484 e. The van der Waals surface area contributed by atoms with Crippen molar-refractivity contribution in [3.8, 4) is 5.75 Å². The van der Waals surface area contributed by atoms with Gasteiger partial charge in [-0.2, -0.15) is 0 Å². The molecule has 0 unspecified atom stereocenters. The molecule has 0 aliphatic carbocycles. The number of piperidine rings is 1. The molecule has 3 rings (SSSR count). The first-order valence-corrected chi connectivity index (χ1v) is 11.8. The van der Waals surface area contributed by atoms with Crippen LogP contribution in [0.2, 0.25) is 0 Å². The van der Waals surface area contributed by atoms with Crippen molar-refractivity contribution >= 4 is 33.2 Å². The summed E-state index contributed by atoms with van der Waals surface area (Å²) in [5.74, 6) is -0.667. The number of benzene rings is 2. The number of hydrogen-bond donors (Lipinski definition) is 2. The lowest BCUT2D eigenvalue weighted by Crippen LogP contribution is -2.32. The van der Waals surface area contributed by atoms with E-state index in [0.717, 1.165) is 36.7 Å². The van der Waals surface area contributed by atoms with Crippen LogP contribution in [-0.4, -0.2) is 58.3 Å². The van der Waals surface area contributed by atoms with Gasteiger partial charge in [-0.3, -0.25) is 9.59 Å². The predicted octanol–water partition coefficient (Wildman–Crippen LogP) is 2.04. The van der Waals surface area contributed by atoms with E-state index in [1.54, 1.807) is 30.3 Å². The zero-order valence-corrected chi connectivity index (χ0v) is 19.0. The summed E-state index contributed by atoms with van der Waals surface area (Å²) >= 11 is 0. The van der Waals surface area contributed by atoms with E-state index >= 15 is 0 Å². The standard InChI is InChI=1S/C22H28N4O5S/c1-25(2)32(29,30)18-9-10-20(26-11-4-3-5-12-26)19(14-18)22(28)24-16-7-6-8-17(13-16)31-15-21(23)27/h6-10,13-14H,3-5,11-12,15H2,1-2H3,(H2,23,27)(H,24,28). The molecule has 1 heterocycles. The number of carbonyl (C=O) groups is 2. The van der Waals surface area contributed by atoms with E-state index in [9.17, 15) is 18.0 Å². The first-order valence-electron chi connectivity index (χ1n) is 10.3. The molecule has 0 spiro atoms. The zero-order chi connectivity index (χ0) is 23.3.